The lowest BCUT2D eigenvalue weighted by Gasteiger charge is -2.26. The van der Waals surface area contributed by atoms with Crippen LogP contribution in [0.4, 0.5) is 0 Å². The standard InChI is InChI=1S/C15H15NO3/c1-3-11-9-13(17)16(10-11)14(15(18)19-2)12-7-5-4-6-8-12/h3-9,14H,1,10H2,2H3. The number of rotatable bonds is 4. The van der Waals surface area contributed by atoms with Crippen LogP contribution in [0.2, 0.25) is 0 Å². The molecule has 4 nitrogen and oxygen atoms in total. The fourth-order valence-corrected chi connectivity index (χ4v) is 2.09. The van der Waals surface area contributed by atoms with Gasteiger partial charge in [-0.2, -0.15) is 0 Å². The highest BCUT2D eigenvalue weighted by atomic mass is 16.5. The van der Waals surface area contributed by atoms with E-state index in [0.717, 1.165) is 11.1 Å². The van der Waals surface area contributed by atoms with E-state index in [9.17, 15) is 9.59 Å². The van der Waals surface area contributed by atoms with Crippen molar-refractivity contribution in [3.05, 3.63) is 60.2 Å². The lowest BCUT2D eigenvalue weighted by molar-refractivity contribution is -0.150. The number of carbonyl (C=O) groups excluding carboxylic acids is 2. The molecule has 1 aromatic carbocycles. The Bertz CT molecular complexity index is 534. The van der Waals surface area contributed by atoms with Crippen molar-refractivity contribution in [1.82, 2.24) is 4.90 Å². The van der Waals surface area contributed by atoms with Crippen molar-refractivity contribution in [1.29, 1.82) is 0 Å². The first-order chi connectivity index (χ1) is 9.17. The number of methoxy groups -OCH3 is 1. The maximum Gasteiger partial charge on any atom is 0.333 e. The van der Waals surface area contributed by atoms with Gasteiger partial charge >= 0.3 is 5.97 Å². The second-order valence-electron chi connectivity index (χ2n) is 4.23. The Kier molecular flexibility index (Phi) is 3.80. The van der Waals surface area contributed by atoms with E-state index in [4.69, 9.17) is 4.74 Å². The van der Waals surface area contributed by atoms with Gasteiger partial charge in [-0.05, 0) is 11.1 Å². The molecule has 0 aromatic heterocycles. The van der Waals surface area contributed by atoms with Crippen LogP contribution in [0.15, 0.2) is 54.6 Å². The SMILES string of the molecule is C=CC1=CC(=O)N(C(C(=O)OC)c2ccccc2)C1. The molecular formula is C15H15NO3. The van der Waals surface area contributed by atoms with Crippen LogP contribution in [-0.4, -0.2) is 30.4 Å². The van der Waals surface area contributed by atoms with Crippen LogP contribution in [0.1, 0.15) is 11.6 Å². The quantitative estimate of drug-likeness (QED) is 0.773. The third kappa shape index (κ3) is 2.57. The molecule has 98 valence electrons. The molecule has 0 radical (unpaired) electrons. The molecule has 1 aromatic rings. The number of hydrogen-bond acceptors (Lipinski definition) is 3. The first kappa shape index (κ1) is 13.1. The molecule has 1 amide bonds. The van der Waals surface area contributed by atoms with Crippen LogP contribution in [0.5, 0.6) is 0 Å². The molecule has 19 heavy (non-hydrogen) atoms. The van der Waals surface area contributed by atoms with Gasteiger partial charge in [0.15, 0.2) is 6.04 Å². The monoisotopic (exact) mass is 257 g/mol. The third-order valence-corrected chi connectivity index (χ3v) is 3.06. The predicted octanol–water partition coefficient (Wildman–Crippen LogP) is 1.86. The van der Waals surface area contributed by atoms with Gasteiger partial charge in [0.05, 0.1) is 7.11 Å². The van der Waals surface area contributed by atoms with Crippen LogP contribution in [0.25, 0.3) is 0 Å². The van der Waals surface area contributed by atoms with Crippen LogP contribution in [0, 0.1) is 0 Å². The van der Waals surface area contributed by atoms with Crippen LogP contribution >= 0.6 is 0 Å². The zero-order chi connectivity index (χ0) is 13.8. The average molecular weight is 257 g/mol. The summed E-state index contributed by atoms with van der Waals surface area (Å²) in [5.74, 6) is -0.646. The summed E-state index contributed by atoms with van der Waals surface area (Å²) in [6.45, 7) is 4.02. The lowest BCUT2D eigenvalue weighted by atomic mass is 10.1. The Morgan fingerprint density at radius 3 is 2.63 bits per heavy atom. The Morgan fingerprint density at radius 2 is 2.11 bits per heavy atom. The van der Waals surface area contributed by atoms with Gasteiger partial charge in [0.1, 0.15) is 0 Å². The minimum atomic E-state index is -0.715. The zero-order valence-electron chi connectivity index (χ0n) is 10.7. The Hall–Kier alpha value is -2.36. The van der Waals surface area contributed by atoms with E-state index in [2.05, 4.69) is 6.58 Å². The second kappa shape index (κ2) is 5.52. The minimum Gasteiger partial charge on any atom is -0.467 e. The molecule has 0 saturated heterocycles. The summed E-state index contributed by atoms with van der Waals surface area (Å²) in [6.07, 6.45) is 3.11. The van der Waals surface area contributed by atoms with Crippen molar-refractivity contribution >= 4 is 11.9 Å². The molecule has 1 unspecified atom stereocenters. The largest absolute Gasteiger partial charge is 0.467 e. The van der Waals surface area contributed by atoms with Crippen LogP contribution in [-0.2, 0) is 14.3 Å². The lowest BCUT2D eigenvalue weighted by Crippen LogP contribution is -2.36. The molecule has 0 fully saturated rings. The number of nitrogens with zero attached hydrogens (tertiary/aromatic N) is 1. The van der Waals surface area contributed by atoms with Gasteiger partial charge in [-0.15, -0.1) is 0 Å². The maximum absolute atomic E-state index is 12.0. The summed E-state index contributed by atoms with van der Waals surface area (Å²) in [4.78, 5) is 25.4. The number of benzene rings is 1. The topological polar surface area (TPSA) is 46.6 Å². The van der Waals surface area contributed by atoms with Gasteiger partial charge in [-0.1, -0.05) is 43.0 Å². The highest BCUT2D eigenvalue weighted by molar-refractivity contribution is 5.95. The van der Waals surface area contributed by atoms with Crippen molar-refractivity contribution in [3.63, 3.8) is 0 Å². The van der Waals surface area contributed by atoms with E-state index >= 15 is 0 Å². The van der Waals surface area contributed by atoms with Crippen molar-refractivity contribution in [2.75, 3.05) is 13.7 Å². The molecular weight excluding hydrogens is 242 g/mol. The Morgan fingerprint density at radius 1 is 1.42 bits per heavy atom. The minimum absolute atomic E-state index is 0.200. The molecule has 2 rings (SSSR count). The summed E-state index contributed by atoms with van der Waals surface area (Å²) in [5.41, 5.74) is 1.54. The smallest absolute Gasteiger partial charge is 0.333 e. The number of esters is 1. The molecule has 0 aliphatic carbocycles. The van der Waals surface area contributed by atoms with Crippen LogP contribution in [0.3, 0.4) is 0 Å². The van der Waals surface area contributed by atoms with E-state index in [-0.39, 0.29) is 5.91 Å². The number of ether oxygens (including phenoxy) is 1. The molecule has 0 bridgehead atoms. The van der Waals surface area contributed by atoms with Crippen molar-refractivity contribution in [2.45, 2.75) is 6.04 Å². The van der Waals surface area contributed by atoms with Gasteiger partial charge in [0.25, 0.3) is 0 Å². The second-order valence-corrected chi connectivity index (χ2v) is 4.23. The van der Waals surface area contributed by atoms with Gasteiger partial charge in [0, 0.05) is 12.6 Å². The number of amides is 1. The highest BCUT2D eigenvalue weighted by Crippen LogP contribution is 2.27. The molecule has 1 aliphatic rings. The normalized spacial score (nSPS) is 15.9. The maximum atomic E-state index is 12.0. The number of hydrogen-bond donors (Lipinski definition) is 0. The first-order valence-electron chi connectivity index (χ1n) is 5.93. The Labute approximate surface area is 112 Å². The van der Waals surface area contributed by atoms with Gasteiger partial charge in [0.2, 0.25) is 5.91 Å². The Balaban J connectivity index is 2.33. The van der Waals surface area contributed by atoms with Crippen molar-refractivity contribution in [2.24, 2.45) is 0 Å². The summed E-state index contributed by atoms with van der Waals surface area (Å²) in [5, 5.41) is 0. The van der Waals surface area contributed by atoms with E-state index in [1.165, 1.54) is 18.1 Å². The fourth-order valence-electron chi connectivity index (χ4n) is 2.09. The summed E-state index contributed by atoms with van der Waals surface area (Å²) in [7, 11) is 1.32. The van der Waals surface area contributed by atoms with Crippen LogP contribution < -0.4 is 0 Å². The zero-order valence-corrected chi connectivity index (χ0v) is 10.7. The van der Waals surface area contributed by atoms with Gasteiger partial charge in [-0.25, -0.2) is 4.79 Å². The van der Waals surface area contributed by atoms with Crippen molar-refractivity contribution in [3.8, 4) is 0 Å². The molecule has 0 N–H and O–H groups in total. The average Bonchev–Trinajstić information content (AvgIpc) is 2.81. The third-order valence-electron chi connectivity index (χ3n) is 3.06. The molecule has 1 aliphatic heterocycles. The van der Waals surface area contributed by atoms with Crippen molar-refractivity contribution < 1.29 is 14.3 Å². The number of carbonyl (C=O) groups is 2. The molecule has 0 saturated carbocycles. The molecule has 1 atom stereocenters. The molecule has 1 heterocycles. The van der Waals surface area contributed by atoms with E-state index in [1.807, 2.05) is 18.2 Å². The predicted molar refractivity (Wildman–Crippen MR) is 71.2 cm³/mol. The van der Waals surface area contributed by atoms with E-state index < -0.39 is 12.0 Å². The summed E-state index contributed by atoms with van der Waals surface area (Å²) in [6, 6.07) is 8.41. The summed E-state index contributed by atoms with van der Waals surface area (Å²) < 4.78 is 4.81. The molecule has 0 spiro atoms. The summed E-state index contributed by atoms with van der Waals surface area (Å²) >= 11 is 0. The molecule has 4 heteroatoms. The van der Waals surface area contributed by atoms with Gasteiger partial charge in [-0.3, -0.25) is 4.79 Å². The van der Waals surface area contributed by atoms with E-state index in [0.29, 0.717) is 6.54 Å². The fraction of sp³-hybridized carbons (Fsp3) is 0.200. The van der Waals surface area contributed by atoms with Gasteiger partial charge < -0.3 is 9.64 Å². The first-order valence-corrected chi connectivity index (χ1v) is 5.93. The highest BCUT2D eigenvalue weighted by Gasteiger charge is 2.34. The van der Waals surface area contributed by atoms with E-state index in [1.54, 1.807) is 18.2 Å².